The number of nitrogens with one attached hydrogen (secondary N) is 2. The molecule has 7 nitrogen and oxygen atoms in total. The second kappa shape index (κ2) is 5.59. The molecule has 23 heavy (non-hydrogen) atoms. The van der Waals surface area contributed by atoms with Gasteiger partial charge in [0, 0.05) is 18.0 Å². The van der Waals surface area contributed by atoms with Crippen LogP contribution in [0, 0.1) is 0 Å². The second-order valence-electron chi connectivity index (χ2n) is 4.54. The van der Waals surface area contributed by atoms with Crippen molar-refractivity contribution in [3.63, 3.8) is 0 Å². The van der Waals surface area contributed by atoms with Gasteiger partial charge in [-0.2, -0.15) is 0 Å². The lowest BCUT2D eigenvalue weighted by molar-refractivity contribution is -0.286. The Morgan fingerprint density at radius 3 is 2.74 bits per heavy atom. The highest BCUT2D eigenvalue weighted by Gasteiger charge is 2.43. The molecule has 0 saturated carbocycles. The van der Waals surface area contributed by atoms with E-state index in [-0.39, 0.29) is 22.9 Å². The maximum absolute atomic E-state index is 12.9. The number of amides is 1. The molecule has 120 valence electrons. The van der Waals surface area contributed by atoms with Crippen LogP contribution in [0.4, 0.5) is 14.5 Å². The molecule has 0 bridgehead atoms. The molecule has 0 atom stereocenters. The highest BCUT2D eigenvalue weighted by molar-refractivity contribution is 5.95. The van der Waals surface area contributed by atoms with Gasteiger partial charge in [-0.25, -0.2) is 4.79 Å². The van der Waals surface area contributed by atoms with Crippen LogP contribution in [-0.2, 0) is 9.53 Å². The molecule has 0 aliphatic carbocycles. The molecule has 9 heteroatoms. The van der Waals surface area contributed by atoms with Gasteiger partial charge < -0.3 is 24.5 Å². The lowest BCUT2D eigenvalue weighted by atomic mass is 10.3. The Morgan fingerprint density at radius 1 is 1.22 bits per heavy atom. The molecule has 0 unspecified atom stereocenters. The van der Waals surface area contributed by atoms with Crippen molar-refractivity contribution < 1.29 is 32.6 Å². The highest BCUT2D eigenvalue weighted by atomic mass is 19.3. The van der Waals surface area contributed by atoms with Crippen LogP contribution in [0.1, 0.15) is 10.5 Å². The minimum Gasteiger partial charge on any atom is -0.451 e. The monoisotopic (exact) mass is 324 g/mol. The number of aromatic amines is 1. The highest BCUT2D eigenvalue weighted by Crippen LogP contribution is 2.42. The predicted molar refractivity (Wildman–Crippen MR) is 72.3 cm³/mol. The summed E-state index contributed by atoms with van der Waals surface area (Å²) in [5.41, 5.74) is 0.411. The summed E-state index contributed by atoms with van der Waals surface area (Å²) in [6.07, 6.45) is -2.18. The van der Waals surface area contributed by atoms with Crippen molar-refractivity contribution >= 4 is 17.6 Å². The van der Waals surface area contributed by atoms with E-state index >= 15 is 0 Å². The molecule has 0 saturated heterocycles. The van der Waals surface area contributed by atoms with E-state index < -0.39 is 24.8 Å². The molecule has 1 aromatic carbocycles. The van der Waals surface area contributed by atoms with E-state index in [0.717, 1.165) is 0 Å². The van der Waals surface area contributed by atoms with Crippen molar-refractivity contribution in [2.24, 2.45) is 0 Å². The number of anilines is 1. The number of esters is 1. The summed E-state index contributed by atoms with van der Waals surface area (Å²) in [7, 11) is 0. The van der Waals surface area contributed by atoms with Crippen molar-refractivity contribution in [1.29, 1.82) is 0 Å². The molecule has 2 aromatic rings. The first kappa shape index (κ1) is 14.8. The number of carbonyl (C=O) groups excluding carboxylic acids is 2. The summed E-state index contributed by atoms with van der Waals surface area (Å²) in [6, 6.07) is 6.88. The fourth-order valence-corrected chi connectivity index (χ4v) is 1.89. The summed E-state index contributed by atoms with van der Waals surface area (Å²) in [4.78, 5) is 25.9. The largest absolute Gasteiger partial charge is 0.586 e. The van der Waals surface area contributed by atoms with Crippen LogP contribution >= 0.6 is 0 Å². The van der Waals surface area contributed by atoms with Gasteiger partial charge in [-0.1, -0.05) is 0 Å². The van der Waals surface area contributed by atoms with Crippen LogP contribution in [0.25, 0.3) is 0 Å². The molecule has 3 rings (SSSR count). The van der Waals surface area contributed by atoms with Gasteiger partial charge >= 0.3 is 12.3 Å². The van der Waals surface area contributed by atoms with E-state index in [4.69, 9.17) is 4.74 Å². The van der Waals surface area contributed by atoms with E-state index in [9.17, 15) is 18.4 Å². The number of ether oxygens (including phenoxy) is 3. The van der Waals surface area contributed by atoms with Gasteiger partial charge in [-0.05, 0) is 24.3 Å². The maximum Gasteiger partial charge on any atom is 0.586 e. The summed E-state index contributed by atoms with van der Waals surface area (Å²) in [6.45, 7) is -0.525. The fourth-order valence-electron chi connectivity index (χ4n) is 1.89. The van der Waals surface area contributed by atoms with Crippen LogP contribution in [-0.4, -0.2) is 29.8 Å². The number of halogens is 2. The average Bonchev–Trinajstić information content (AvgIpc) is 3.10. The van der Waals surface area contributed by atoms with E-state index in [1.165, 1.54) is 24.3 Å². The Bertz CT molecular complexity index is 746. The van der Waals surface area contributed by atoms with E-state index in [2.05, 4.69) is 19.8 Å². The lowest BCUT2D eigenvalue weighted by Gasteiger charge is -2.06. The minimum absolute atomic E-state index is 0.133. The average molecular weight is 324 g/mol. The summed E-state index contributed by atoms with van der Waals surface area (Å²) < 4.78 is 39.1. The number of rotatable bonds is 4. The summed E-state index contributed by atoms with van der Waals surface area (Å²) in [5, 5.41) is 2.39. The molecule has 1 amide bonds. The zero-order valence-electron chi connectivity index (χ0n) is 11.5. The molecule has 2 N–H and O–H groups in total. The predicted octanol–water partition coefficient (Wildman–Crippen LogP) is 2.13. The molecule has 1 aliphatic heterocycles. The molecule has 2 heterocycles. The van der Waals surface area contributed by atoms with Crippen LogP contribution in [0.5, 0.6) is 11.5 Å². The number of H-pyrrole nitrogens is 1. The van der Waals surface area contributed by atoms with Gasteiger partial charge in [0.15, 0.2) is 18.1 Å². The Kier molecular flexibility index (Phi) is 3.61. The zero-order valence-corrected chi connectivity index (χ0v) is 11.5. The van der Waals surface area contributed by atoms with Crippen molar-refractivity contribution in [2.75, 3.05) is 11.9 Å². The third-order valence-corrected chi connectivity index (χ3v) is 2.84. The number of alkyl halides is 2. The van der Waals surface area contributed by atoms with E-state index in [1.807, 2.05) is 0 Å². The Morgan fingerprint density at radius 2 is 2.00 bits per heavy atom. The molecule has 1 aromatic heterocycles. The van der Waals surface area contributed by atoms with E-state index in [0.29, 0.717) is 0 Å². The van der Waals surface area contributed by atoms with Crippen LogP contribution in [0.3, 0.4) is 0 Å². The SMILES string of the molecule is O=C(COC(=O)c1ccc[nH]1)Nc1ccc2c(c1)OC(F)(F)O2. The standard InChI is InChI=1S/C14H10F2N2O5/c15-14(16)22-10-4-3-8(6-11(10)23-14)18-12(19)7-21-13(20)9-2-1-5-17-9/h1-6,17H,7H2,(H,18,19). The van der Waals surface area contributed by atoms with Crippen molar-refractivity contribution in [3.8, 4) is 11.5 Å². The number of hydrogen-bond donors (Lipinski definition) is 2. The van der Waals surface area contributed by atoms with Gasteiger partial charge in [0.1, 0.15) is 5.69 Å². The Hall–Kier alpha value is -3.10. The van der Waals surface area contributed by atoms with Gasteiger partial charge in [0.05, 0.1) is 0 Å². The topological polar surface area (TPSA) is 89.7 Å². The number of benzene rings is 1. The summed E-state index contributed by atoms with van der Waals surface area (Å²) in [5.74, 6) is -1.65. The van der Waals surface area contributed by atoms with Gasteiger partial charge in [0.25, 0.3) is 5.91 Å². The third-order valence-electron chi connectivity index (χ3n) is 2.84. The van der Waals surface area contributed by atoms with Crippen LogP contribution in [0.2, 0.25) is 0 Å². The zero-order chi connectivity index (χ0) is 16.4. The number of fused-ring (bicyclic) bond motifs is 1. The maximum atomic E-state index is 12.9. The molecular weight excluding hydrogens is 314 g/mol. The van der Waals surface area contributed by atoms with Crippen molar-refractivity contribution in [2.45, 2.75) is 6.29 Å². The minimum atomic E-state index is -3.73. The molecule has 1 aliphatic rings. The van der Waals surface area contributed by atoms with Crippen LogP contribution in [0.15, 0.2) is 36.5 Å². The number of hydrogen-bond acceptors (Lipinski definition) is 5. The van der Waals surface area contributed by atoms with Gasteiger partial charge in [-0.15, -0.1) is 8.78 Å². The molecule has 0 radical (unpaired) electrons. The summed E-state index contributed by atoms with van der Waals surface area (Å²) >= 11 is 0. The number of carbonyl (C=O) groups is 2. The second-order valence-corrected chi connectivity index (χ2v) is 4.54. The Labute approximate surface area is 128 Å². The first-order chi connectivity index (χ1) is 10.9. The van der Waals surface area contributed by atoms with E-state index in [1.54, 1.807) is 12.3 Å². The molecule has 0 fully saturated rings. The van der Waals surface area contributed by atoms with Crippen LogP contribution < -0.4 is 14.8 Å². The quantitative estimate of drug-likeness (QED) is 0.841. The van der Waals surface area contributed by atoms with Crippen molar-refractivity contribution in [1.82, 2.24) is 4.98 Å². The fraction of sp³-hybridized carbons (Fsp3) is 0.143. The van der Waals surface area contributed by atoms with Crippen molar-refractivity contribution in [3.05, 3.63) is 42.2 Å². The Balaban J connectivity index is 1.56. The first-order valence-corrected chi connectivity index (χ1v) is 6.43. The lowest BCUT2D eigenvalue weighted by Crippen LogP contribution is -2.25. The molecular formula is C14H10F2N2O5. The smallest absolute Gasteiger partial charge is 0.451 e. The third kappa shape index (κ3) is 3.39. The van der Waals surface area contributed by atoms with Gasteiger partial charge in [0.2, 0.25) is 0 Å². The normalized spacial score (nSPS) is 14.3. The van der Waals surface area contributed by atoms with Gasteiger partial charge in [-0.3, -0.25) is 4.79 Å². The number of aromatic nitrogens is 1. The molecule has 0 spiro atoms. The first-order valence-electron chi connectivity index (χ1n) is 6.43.